The number of unbranched alkanes of at least 4 members (excludes halogenated alkanes) is 1. The summed E-state index contributed by atoms with van der Waals surface area (Å²) in [5, 5.41) is 9.29. The number of nitrogens with two attached hydrogens (primary N) is 1. The Kier molecular flexibility index (Phi) is 4.58. The fourth-order valence-corrected chi connectivity index (χ4v) is 2.57. The number of rotatable bonds is 5. The van der Waals surface area contributed by atoms with Crippen LogP contribution in [0.1, 0.15) is 58.3 Å². The SMILES string of the molecule is CCCC[C@](N)(C(=O)O)C1CCCCC1. The van der Waals surface area contributed by atoms with Gasteiger partial charge in [0.1, 0.15) is 5.54 Å². The molecule has 0 saturated heterocycles. The van der Waals surface area contributed by atoms with E-state index >= 15 is 0 Å². The monoisotopic (exact) mass is 213 g/mol. The van der Waals surface area contributed by atoms with Gasteiger partial charge in [-0.05, 0) is 25.2 Å². The van der Waals surface area contributed by atoms with Gasteiger partial charge >= 0.3 is 5.97 Å². The molecule has 0 radical (unpaired) electrons. The van der Waals surface area contributed by atoms with E-state index in [1.54, 1.807) is 0 Å². The molecule has 3 nitrogen and oxygen atoms in total. The van der Waals surface area contributed by atoms with Gasteiger partial charge in [-0.1, -0.05) is 39.0 Å². The Labute approximate surface area is 92.0 Å². The lowest BCUT2D eigenvalue weighted by Gasteiger charge is -2.36. The van der Waals surface area contributed by atoms with Gasteiger partial charge in [0.05, 0.1) is 0 Å². The maximum Gasteiger partial charge on any atom is 0.323 e. The number of hydrogen-bond donors (Lipinski definition) is 2. The van der Waals surface area contributed by atoms with Crippen LogP contribution in [0.25, 0.3) is 0 Å². The average molecular weight is 213 g/mol. The third kappa shape index (κ3) is 2.94. The summed E-state index contributed by atoms with van der Waals surface area (Å²) in [4.78, 5) is 11.3. The van der Waals surface area contributed by atoms with Crippen LogP contribution in [0.2, 0.25) is 0 Å². The molecule has 0 aromatic carbocycles. The number of hydrogen-bond acceptors (Lipinski definition) is 2. The molecule has 0 spiro atoms. The standard InChI is InChI=1S/C12H23NO2/c1-2-3-9-12(13,11(14)15)10-7-5-4-6-8-10/h10H,2-9,13H2,1H3,(H,14,15)/t12-/m1/s1. The van der Waals surface area contributed by atoms with Crippen LogP contribution in [0.4, 0.5) is 0 Å². The second-order valence-electron chi connectivity index (χ2n) is 4.78. The largest absolute Gasteiger partial charge is 0.480 e. The van der Waals surface area contributed by atoms with E-state index in [2.05, 4.69) is 6.92 Å². The van der Waals surface area contributed by atoms with E-state index in [1.807, 2.05) is 0 Å². The molecule has 0 aromatic rings. The van der Waals surface area contributed by atoms with Crippen molar-refractivity contribution in [2.45, 2.75) is 63.8 Å². The first-order chi connectivity index (χ1) is 7.11. The van der Waals surface area contributed by atoms with Gasteiger partial charge in [0.25, 0.3) is 0 Å². The van der Waals surface area contributed by atoms with Crippen LogP contribution in [0.3, 0.4) is 0 Å². The van der Waals surface area contributed by atoms with Crippen molar-refractivity contribution in [2.75, 3.05) is 0 Å². The van der Waals surface area contributed by atoms with Crippen molar-refractivity contribution < 1.29 is 9.90 Å². The number of carboxylic acids is 1. The zero-order chi connectivity index (χ0) is 11.3. The summed E-state index contributed by atoms with van der Waals surface area (Å²) in [6.07, 6.45) is 8.06. The Balaban J connectivity index is 2.65. The molecule has 88 valence electrons. The zero-order valence-electron chi connectivity index (χ0n) is 9.67. The van der Waals surface area contributed by atoms with Crippen LogP contribution >= 0.6 is 0 Å². The van der Waals surface area contributed by atoms with Crippen molar-refractivity contribution in [3.05, 3.63) is 0 Å². The summed E-state index contributed by atoms with van der Waals surface area (Å²) in [7, 11) is 0. The Hall–Kier alpha value is -0.570. The number of aliphatic carboxylic acids is 1. The normalized spacial score (nSPS) is 22.3. The first kappa shape index (κ1) is 12.5. The van der Waals surface area contributed by atoms with Gasteiger partial charge in [0.15, 0.2) is 0 Å². The van der Waals surface area contributed by atoms with Crippen LogP contribution in [-0.2, 0) is 4.79 Å². The van der Waals surface area contributed by atoms with E-state index in [1.165, 1.54) is 6.42 Å². The number of carbonyl (C=O) groups is 1. The molecular weight excluding hydrogens is 190 g/mol. The highest BCUT2D eigenvalue weighted by Crippen LogP contribution is 2.34. The molecule has 1 aliphatic carbocycles. The van der Waals surface area contributed by atoms with Crippen molar-refractivity contribution in [2.24, 2.45) is 11.7 Å². The van der Waals surface area contributed by atoms with Crippen molar-refractivity contribution in [1.29, 1.82) is 0 Å². The first-order valence-corrected chi connectivity index (χ1v) is 6.13. The highest BCUT2D eigenvalue weighted by atomic mass is 16.4. The van der Waals surface area contributed by atoms with Gasteiger partial charge in [0.2, 0.25) is 0 Å². The highest BCUT2D eigenvalue weighted by molar-refractivity contribution is 5.78. The summed E-state index contributed by atoms with van der Waals surface area (Å²) < 4.78 is 0. The fraction of sp³-hybridized carbons (Fsp3) is 0.917. The molecule has 0 bridgehead atoms. The molecule has 1 aliphatic rings. The summed E-state index contributed by atoms with van der Waals surface area (Å²) in [6, 6.07) is 0. The van der Waals surface area contributed by atoms with Gasteiger partial charge in [-0.3, -0.25) is 4.79 Å². The quantitative estimate of drug-likeness (QED) is 0.737. The Morgan fingerprint density at radius 2 is 2.00 bits per heavy atom. The lowest BCUT2D eigenvalue weighted by Crippen LogP contribution is -2.54. The van der Waals surface area contributed by atoms with E-state index in [4.69, 9.17) is 5.73 Å². The van der Waals surface area contributed by atoms with Gasteiger partial charge < -0.3 is 10.8 Å². The fourth-order valence-electron chi connectivity index (χ4n) is 2.57. The van der Waals surface area contributed by atoms with Gasteiger partial charge in [-0.15, -0.1) is 0 Å². The van der Waals surface area contributed by atoms with Crippen LogP contribution in [0.5, 0.6) is 0 Å². The van der Waals surface area contributed by atoms with Crippen molar-refractivity contribution in [3.8, 4) is 0 Å². The third-order valence-corrected chi connectivity index (χ3v) is 3.68. The minimum absolute atomic E-state index is 0.190. The van der Waals surface area contributed by atoms with Gasteiger partial charge in [-0.25, -0.2) is 0 Å². The van der Waals surface area contributed by atoms with E-state index < -0.39 is 11.5 Å². The highest BCUT2D eigenvalue weighted by Gasteiger charge is 2.41. The molecule has 0 aromatic heterocycles. The third-order valence-electron chi connectivity index (χ3n) is 3.68. The molecule has 3 N–H and O–H groups in total. The smallest absolute Gasteiger partial charge is 0.323 e. The van der Waals surface area contributed by atoms with Crippen LogP contribution in [-0.4, -0.2) is 16.6 Å². The summed E-state index contributed by atoms with van der Waals surface area (Å²) >= 11 is 0. The molecule has 0 heterocycles. The van der Waals surface area contributed by atoms with Gasteiger partial charge in [-0.2, -0.15) is 0 Å². The molecule has 1 rings (SSSR count). The minimum atomic E-state index is -0.962. The van der Waals surface area contributed by atoms with E-state index in [0.29, 0.717) is 6.42 Å². The van der Waals surface area contributed by atoms with E-state index in [0.717, 1.165) is 38.5 Å². The molecule has 3 heteroatoms. The molecule has 1 atom stereocenters. The predicted molar refractivity (Wildman–Crippen MR) is 60.7 cm³/mol. The Morgan fingerprint density at radius 3 is 2.47 bits per heavy atom. The molecule has 0 unspecified atom stereocenters. The van der Waals surface area contributed by atoms with Crippen LogP contribution in [0.15, 0.2) is 0 Å². The molecular formula is C12H23NO2. The molecule has 15 heavy (non-hydrogen) atoms. The average Bonchev–Trinajstić information content (AvgIpc) is 2.27. The summed E-state index contributed by atoms with van der Waals surface area (Å²) in [5.74, 6) is -0.613. The van der Waals surface area contributed by atoms with Crippen molar-refractivity contribution in [1.82, 2.24) is 0 Å². The predicted octanol–water partition coefficient (Wildman–Crippen LogP) is 2.54. The van der Waals surface area contributed by atoms with Crippen molar-refractivity contribution >= 4 is 5.97 Å². The lowest BCUT2D eigenvalue weighted by molar-refractivity contribution is -0.146. The Morgan fingerprint density at radius 1 is 1.40 bits per heavy atom. The second kappa shape index (κ2) is 5.50. The number of carboxylic acid groups (broad SMARTS) is 1. The second-order valence-corrected chi connectivity index (χ2v) is 4.78. The minimum Gasteiger partial charge on any atom is -0.480 e. The molecule has 1 fully saturated rings. The molecule has 1 saturated carbocycles. The van der Waals surface area contributed by atoms with E-state index in [-0.39, 0.29) is 5.92 Å². The topological polar surface area (TPSA) is 63.3 Å². The van der Waals surface area contributed by atoms with E-state index in [9.17, 15) is 9.90 Å². The summed E-state index contributed by atoms with van der Waals surface area (Å²) in [5.41, 5.74) is 5.14. The van der Waals surface area contributed by atoms with Crippen molar-refractivity contribution in [3.63, 3.8) is 0 Å². The zero-order valence-corrected chi connectivity index (χ0v) is 9.67. The maximum atomic E-state index is 11.3. The molecule has 0 amide bonds. The summed E-state index contributed by atoms with van der Waals surface area (Å²) in [6.45, 7) is 2.07. The van der Waals surface area contributed by atoms with Gasteiger partial charge in [0, 0.05) is 0 Å². The first-order valence-electron chi connectivity index (χ1n) is 6.13. The molecule has 0 aliphatic heterocycles. The van der Waals surface area contributed by atoms with Crippen LogP contribution in [0, 0.1) is 5.92 Å². The van der Waals surface area contributed by atoms with Crippen LogP contribution < -0.4 is 5.73 Å². The Bertz CT molecular complexity index is 212. The lowest BCUT2D eigenvalue weighted by atomic mass is 9.73. The maximum absolute atomic E-state index is 11.3.